The minimum Gasteiger partial charge on any atom is -0.388 e. The van der Waals surface area contributed by atoms with Crippen molar-refractivity contribution in [2.45, 2.75) is 32.0 Å². The van der Waals surface area contributed by atoms with Gasteiger partial charge in [0.1, 0.15) is 0 Å². The van der Waals surface area contributed by atoms with Crippen molar-refractivity contribution in [1.29, 1.82) is 0 Å². The molecule has 1 aliphatic rings. The molecule has 10 heteroatoms. The number of rotatable bonds is 4. The van der Waals surface area contributed by atoms with Gasteiger partial charge in [0, 0.05) is 23.8 Å². The summed E-state index contributed by atoms with van der Waals surface area (Å²) in [5.41, 5.74) is -0.495. The van der Waals surface area contributed by atoms with Gasteiger partial charge in [-0.05, 0) is 50.4 Å². The van der Waals surface area contributed by atoms with E-state index < -0.39 is 17.5 Å². The van der Waals surface area contributed by atoms with Crippen LogP contribution >= 0.6 is 12.4 Å². The Labute approximate surface area is 154 Å². The lowest BCUT2D eigenvalue weighted by molar-refractivity contribution is -0.136. The first-order valence-electron chi connectivity index (χ1n) is 8.07. The summed E-state index contributed by atoms with van der Waals surface area (Å²) in [7, 11) is 0. The molecule has 0 radical (unpaired) electrons. The van der Waals surface area contributed by atoms with Crippen molar-refractivity contribution in [2.24, 2.45) is 5.92 Å². The Balaban J connectivity index is 0.00000243. The highest BCUT2D eigenvalue weighted by Gasteiger charge is 2.34. The number of H-pyrrole nitrogens is 1. The molecule has 0 spiro atoms. The lowest BCUT2D eigenvalue weighted by Gasteiger charge is -2.28. The third kappa shape index (κ3) is 4.79. The summed E-state index contributed by atoms with van der Waals surface area (Å²) in [6, 6.07) is 3.87. The van der Waals surface area contributed by atoms with Gasteiger partial charge in [0.2, 0.25) is 5.89 Å². The maximum Gasteiger partial charge on any atom is 0.434 e. The Kier molecular flexibility index (Phi) is 6.35. The lowest BCUT2D eigenvalue weighted by Crippen LogP contribution is -2.38. The van der Waals surface area contributed by atoms with E-state index in [2.05, 4.69) is 27.8 Å². The number of aromatic amines is 1. The summed E-state index contributed by atoms with van der Waals surface area (Å²) >= 11 is 0. The number of nitrogens with zero attached hydrogens (tertiary/aromatic N) is 1. The smallest absolute Gasteiger partial charge is 0.388 e. The van der Waals surface area contributed by atoms with E-state index in [4.69, 9.17) is 4.42 Å². The molecule has 1 aliphatic heterocycles. The summed E-state index contributed by atoms with van der Waals surface area (Å²) in [5, 5.41) is 12.0. The van der Waals surface area contributed by atoms with Crippen molar-refractivity contribution < 1.29 is 17.6 Å². The van der Waals surface area contributed by atoms with Gasteiger partial charge < -0.3 is 15.1 Å². The zero-order chi connectivity index (χ0) is 18.0. The minimum atomic E-state index is -4.48. The number of anilines is 1. The summed E-state index contributed by atoms with van der Waals surface area (Å²) in [6.07, 6.45) is -2.66. The van der Waals surface area contributed by atoms with Crippen LogP contribution in [-0.2, 0) is 6.18 Å². The molecule has 26 heavy (non-hydrogen) atoms. The van der Waals surface area contributed by atoms with Gasteiger partial charge in [-0.3, -0.25) is 0 Å². The van der Waals surface area contributed by atoms with Crippen LogP contribution in [0, 0.1) is 5.92 Å². The van der Waals surface area contributed by atoms with Gasteiger partial charge in [0.05, 0.1) is 5.56 Å². The van der Waals surface area contributed by atoms with E-state index in [-0.39, 0.29) is 24.0 Å². The Morgan fingerprint density at radius 3 is 2.77 bits per heavy atom. The average molecular weight is 393 g/mol. The molecule has 3 N–H and O–H groups in total. The average Bonchev–Trinajstić information content (AvgIpc) is 2.98. The summed E-state index contributed by atoms with van der Waals surface area (Å²) in [4.78, 5) is 11.1. The van der Waals surface area contributed by atoms with E-state index in [0.29, 0.717) is 24.1 Å². The van der Waals surface area contributed by atoms with E-state index in [1.54, 1.807) is 0 Å². The van der Waals surface area contributed by atoms with Crippen LogP contribution in [0.3, 0.4) is 0 Å². The number of aromatic nitrogens is 2. The van der Waals surface area contributed by atoms with Crippen LogP contribution in [0.15, 0.2) is 27.4 Å². The molecule has 3 rings (SSSR count). The van der Waals surface area contributed by atoms with Crippen LogP contribution in [0.25, 0.3) is 11.5 Å². The molecule has 0 amide bonds. The summed E-state index contributed by atoms with van der Waals surface area (Å²) < 4.78 is 44.6. The Hall–Kier alpha value is -2.00. The van der Waals surface area contributed by atoms with E-state index in [0.717, 1.165) is 25.5 Å². The normalized spacial score (nSPS) is 20.5. The molecule has 1 aromatic carbocycles. The van der Waals surface area contributed by atoms with Gasteiger partial charge in [-0.15, -0.1) is 17.5 Å². The number of hydrogen-bond acceptors (Lipinski definition) is 5. The van der Waals surface area contributed by atoms with Crippen molar-refractivity contribution in [3.05, 3.63) is 34.3 Å². The van der Waals surface area contributed by atoms with Crippen LogP contribution in [0.1, 0.15) is 25.3 Å². The zero-order valence-corrected chi connectivity index (χ0v) is 14.8. The molecule has 2 atom stereocenters. The second-order valence-corrected chi connectivity index (χ2v) is 6.30. The van der Waals surface area contributed by atoms with Gasteiger partial charge in [-0.1, -0.05) is 0 Å². The molecule has 0 aliphatic carbocycles. The molecule has 2 heterocycles. The molecule has 1 fully saturated rings. The third-order valence-corrected chi connectivity index (χ3v) is 4.32. The predicted octanol–water partition coefficient (Wildman–Crippen LogP) is 3.27. The number of piperidine rings is 1. The monoisotopic (exact) mass is 392 g/mol. The molecule has 0 saturated carbocycles. The minimum absolute atomic E-state index is 0. The maximum absolute atomic E-state index is 13.3. The maximum atomic E-state index is 13.3. The largest absolute Gasteiger partial charge is 0.434 e. The van der Waals surface area contributed by atoms with Crippen molar-refractivity contribution in [3.8, 4) is 11.5 Å². The molecule has 2 aromatic rings. The standard InChI is InChI=1S/C16H19F3N4O2.ClH/c1-9-6-10(4-5-20-9)8-21-13-7-11(14-22-23-15(24)25-14)2-3-12(13)16(17,18)19;/h2-3,7,9-10,20-21H,4-6,8H2,1H3,(H,23,24);1H. The highest BCUT2D eigenvalue weighted by molar-refractivity contribution is 5.85. The zero-order valence-electron chi connectivity index (χ0n) is 14.0. The molecule has 1 saturated heterocycles. The van der Waals surface area contributed by atoms with Crippen LogP contribution in [0.5, 0.6) is 0 Å². The number of nitrogens with one attached hydrogen (secondary N) is 3. The molecule has 6 nitrogen and oxygen atoms in total. The SMILES string of the molecule is CC1CC(CNc2cc(-c3n[nH]c(=O)o3)ccc2C(F)(F)F)CCN1.Cl. The summed E-state index contributed by atoms with van der Waals surface area (Å²) in [6.45, 7) is 3.37. The number of hydrogen-bond donors (Lipinski definition) is 3. The van der Waals surface area contributed by atoms with Crippen LogP contribution < -0.4 is 16.4 Å². The molecule has 2 unspecified atom stereocenters. The fourth-order valence-electron chi connectivity index (χ4n) is 3.10. The second-order valence-electron chi connectivity index (χ2n) is 6.30. The van der Waals surface area contributed by atoms with Crippen LogP contribution in [0.4, 0.5) is 18.9 Å². The number of alkyl halides is 3. The quantitative estimate of drug-likeness (QED) is 0.743. The van der Waals surface area contributed by atoms with E-state index in [1.807, 2.05) is 0 Å². The lowest BCUT2D eigenvalue weighted by atomic mass is 9.93. The first-order valence-corrected chi connectivity index (χ1v) is 8.07. The van der Waals surface area contributed by atoms with Crippen LogP contribution in [0.2, 0.25) is 0 Å². The van der Waals surface area contributed by atoms with Crippen molar-refractivity contribution in [1.82, 2.24) is 15.5 Å². The Morgan fingerprint density at radius 1 is 1.38 bits per heavy atom. The molecular formula is C16H20ClF3N4O2. The van der Waals surface area contributed by atoms with E-state index in [1.165, 1.54) is 12.1 Å². The number of benzene rings is 1. The Bertz CT molecular complexity index is 790. The highest BCUT2D eigenvalue weighted by atomic mass is 35.5. The first kappa shape index (κ1) is 20.3. The number of halogens is 4. The third-order valence-electron chi connectivity index (χ3n) is 4.32. The second kappa shape index (κ2) is 8.13. The predicted molar refractivity (Wildman–Crippen MR) is 93.5 cm³/mol. The summed E-state index contributed by atoms with van der Waals surface area (Å²) in [5.74, 6) is -0.505. The topological polar surface area (TPSA) is 83.0 Å². The van der Waals surface area contributed by atoms with E-state index >= 15 is 0 Å². The van der Waals surface area contributed by atoms with Gasteiger partial charge in [0.15, 0.2) is 0 Å². The molecule has 0 bridgehead atoms. The van der Waals surface area contributed by atoms with E-state index in [9.17, 15) is 18.0 Å². The highest BCUT2D eigenvalue weighted by Crippen LogP contribution is 2.37. The van der Waals surface area contributed by atoms with Crippen molar-refractivity contribution in [2.75, 3.05) is 18.4 Å². The fraction of sp³-hybridized carbons (Fsp3) is 0.500. The first-order chi connectivity index (χ1) is 11.8. The van der Waals surface area contributed by atoms with Gasteiger partial charge in [0.25, 0.3) is 0 Å². The van der Waals surface area contributed by atoms with Gasteiger partial charge in [-0.25, -0.2) is 9.89 Å². The van der Waals surface area contributed by atoms with Crippen molar-refractivity contribution >= 4 is 18.1 Å². The van der Waals surface area contributed by atoms with Gasteiger partial charge in [-0.2, -0.15) is 13.2 Å². The van der Waals surface area contributed by atoms with Crippen molar-refractivity contribution in [3.63, 3.8) is 0 Å². The molecular weight excluding hydrogens is 373 g/mol. The van der Waals surface area contributed by atoms with Crippen LogP contribution in [-0.4, -0.2) is 29.3 Å². The fourth-order valence-corrected chi connectivity index (χ4v) is 3.10. The molecule has 1 aromatic heterocycles. The Morgan fingerprint density at radius 2 is 2.15 bits per heavy atom. The molecule has 144 valence electrons. The van der Waals surface area contributed by atoms with Gasteiger partial charge >= 0.3 is 11.9 Å².